The van der Waals surface area contributed by atoms with Gasteiger partial charge in [-0.2, -0.15) is 0 Å². The van der Waals surface area contributed by atoms with Gasteiger partial charge in [0.1, 0.15) is 13.2 Å². The second kappa shape index (κ2) is 49.8. The van der Waals surface area contributed by atoms with Crippen LogP contribution in [0.15, 0.2) is 60.8 Å². The van der Waals surface area contributed by atoms with Crippen LogP contribution in [-0.4, -0.2) is 37.2 Å². The van der Waals surface area contributed by atoms with Gasteiger partial charge in [0, 0.05) is 18.9 Å². The molecule has 0 heterocycles. The summed E-state index contributed by atoms with van der Waals surface area (Å²) in [5.41, 5.74) is 0. The quantitative estimate of drug-likeness (QED) is 0.0200. The number of rotatable bonds is 46. The second-order valence-corrected chi connectivity index (χ2v) is 17.3. The summed E-state index contributed by atoms with van der Waals surface area (Å²) in [5, 5.41) is 0. The molecule has 0 saturated carbocycles. The Morgan fingerprint density at radius 1 is 0.361 bits per heavy atom. The Kier molecular flexibility index (Phi) is 47.4. The third kappa shape index (κ3) is 48.0. The zero-order chi connectivity index (χ0) is 44.4. The fraction of sp³-hybridized carbons (Fsp3) is 0.764. The Hall–Kier alpha value is -2.89. The number of hydrogen-bond donors (Lipinski definition) is 0. The molecule has 0 aromatic carbocycles. The average Bonchev–Trinajstić information content (AvgIpc) is 3.26. The van der Waals surface area contributed by atoms with Crippen molar-refractivity contribution in [1.29, 1.82) is 0 Å². The summed E-state index contributed by atoms with van der Waals surface area (Å²) >= 11 is 0. The molecule has 0 aliphatic rings. The largest absolute Gasteiger partial charge is 0.462 e. The lowest BCUT2D eigenvalue weighted by Crippen LogP contribution is -2.30. The standard InChI is InChI=1S/C55H96O6/c1-4-7-10-13-16-19-22-25-26-27-28-31-34-37-40-43-46-49-55(58)61-52(50-59-53(56)47-44-41-38-35-32-29-23-20-17-14-11-8-5-2)51-60-54(57)48-45-42-39-36-33-30-24-21-18-15-12-9-6-3/h26-28,31,34,37,40,43,46,49,52H,4-25,29-30,32-33,35-36,38-39,41-42,44-45,47-48,50-51H2,1-3H3/b27-26+,31-28+,37-34+,43-40+,49-46+. The molecule has 0 saturated heterocycles. The topological polar surface area (TPSA) is 78.9 Å². The van der Waals surface area contributed by atoms with Crippen LogP contribution in [0.3, 0.4) is 0 Å². The van der Waals surface area contributed by atoms with E-state index in [1.165, 1.54) is 179 Å². The number of esters is 3. The highest BCUT2D eigenvalue weighted by molar-refractivity contribution is 5.82. The summed E-state index contributed by atoms with van der Waals surface area (Å²) in [5.74, 6) is -1.21. The molecule has 0 unspecified atom stereocenters. The van der Waals surface area contributed by atoms with Crippen LogP contribution in [0.5, 0.6) is 0 Å². The molecular weight excluding hydrogens is 757 g/mol. The van der Waals surface area contributed by atoms with Gasteiger partial charge in [-0.3, -0.25) is 9.59 Å². The van der Waals surface area contributed by atoms with Gasteiger partial charge in [0.05, 0.1) is 0 Å². The van der Waals surface area contributed by atoms with Gasteiger partial charge in [-0.1, -0.05) is 268 Å². The first kappa shape index (κ1) is 58.1. The SMILES string of the molecule is CCCCCCCCC/C=C/C=C/C=C/C=C/C=C/C(=O)OC(COC(=O)CCCCCCCCCCCCCCC)COC(=O)CCCCCCCCCCCCCCC. The molecule has 0 N–H and O–H groups in total. The van der Waals surface area contributed by atoms with Crippen molar-refractivity contribution in [3.8, 4) is 0 Å². The van der Waals surface area contributed by atoms with Gasteiger partial charge in [0.25, 0.3) is 0 Å². The third-order valence-corrected chi connectivity index (χ3v) is 11.2. The van der Waals surface area contributed by atoms with E-state index in [9.17, 15) is 14.4 Å². The average molecular weight is 853 g/mol. The molecule has 0 aliphatic carbocycles. The highest BCUT2D eigenvalue weighted by Gasteiger charge is 2.18. The first-order valence-electron chi connectivity index (χ1n) is 25.9. The van der Waals surface area contributed by atoms with Crippen molar-refractivity contribution in [2.24, 2.45) is 0 Å². The minimum atomic E-state index is -0.865. The monoisotopic (exact) mass is 853 g/mol. The fourth-order valence-electron chi connectivity index (χ4n) is 7.32. The van der Waals surface area contributed by atoms with Gasteiger partial charge in [0.2, 0.25) is 0 Å². The summed E-state index contributed by atoms with van der Waals surface area (Å²) < 4.78 is 16.6. The summed E-state index contributed by atoms with van der Waals surface area (Å²) in [6, 6.07) is 0. The van der Waals surface area contributed by atoms with Gasteiger partial charge in [0.15, 0.2) is 6.10 Å². The van der Waals surface area contributed by atoms with Gasteiger partial charge in [-0.05, 0) is 25.7 Å². The van der Waals surface area contributed by atoms with Crippen molar-refractivity contribution >= 4 is 17.9 Å². The predicted molar refractivity (Wildman–Crippen MR) is 261 cm³/mol. The van der Waals surface area contributed by atoms with Gasteiger partial charge < -0.3 is 14.2 Å². The number of allylic oxidation sites excluding steroid dienone is 9. The van der Waals surface area contributed by atoms with Crippen molar-refractivity contribution in [2.45, 2.75) is 258 Å². The first-order valence-corrected chi connectivity index (χ1v) is 25.9. The molecule has 0 rings (SSSR count). The molecule has 6 heteroatoms. The smallest absolute Gasteiger partial charge is 0.331 e. The molecule has 0 radical (unpaired) electrons. The molecule has 0 spiro atoms. The van der Waals surface area contributed by atoms with Crippen LogP contribution in [-0.2, 0) is 28.6 Å². The summed E-state index contributed by atoms with van der Waals surface area (Å²) in [6.45, 7) is 6.50. The zero-order valence-electron chi connectivity index (χ0n) is 40.2. The van der Waals surface area contributed by atoms with E-state index in [4.69, 9.17) is 14.2 Å². The van der Waals surface area contributed by atoms with E-state index in [2.05, 4.69) is 32.9 Å². The van der Waals surface area contributed by atoms with Gasteiger partial charge in [-0.25, -0.2) is 4.79 Å². The fourth-order valence-corrected chi connectivity index (χ4v) is 7.32. The number of unbranched alkanes of at least 4 members (excludes halogenated alkanes) is 31. The van der Waals surface area contributed by atoms with Crippen molar-refractivity contribution in [2.75, 3.05) is 13.2 Å². The van der Waals surface area contributed by atoms with Crippen LogP contribution < -0.4 is 0 Å². The molecular formula is C55H96O6. The Labute approximate surface area is 377 Å². The third-order valence-electron chi connectivity index (χ3n) is 11.2. The van der Waals surface area contributed by atoms with Crippen molar-refractivity contribution in [1.82, 2.24) is 0 Å². The molecule has 0 aromatic rings. The zero-order valence-corrected chi connectivity index (χ0v) is 40.2. The number of carbonyl (C=O) groups is 3. The molecule has 352 valence electrons. The summed E-state index contributed by atoms with van der Waals surface area (Å²) in [4.78, 5) is 37.8. The number of carbonyl (C=O) groups excluding carboxylic acids is 3. The minimum Gasteiger partial charge on any atom is -0.462 e. The van der Waals surface area contributed by atoms with E-state index in [1.54, 1.807) is 12.2 Å². The number of ether oxygens (including phenoxy) is 3. The maximum Gasteiger partial charge on any atom is 0.331 e. The molecule has 61 heavy (non-hydrogen) atoms. The summed E-state index contributed by atoms with van der Waals surface area (Å²) in [7, 11) is 0. The van der Waals surface area contributed by atoms with Gasteiger partial charge in [-0.15, -0.1) is 0 Å². The Morgan fingerprint density at radius 2 is 0.656 bits per heavy atom. The van der Waals surface area contributed by atoms with Gasteiger partial charge >= 0.3 is 17.9 Å². The van der Waals surface area contributed by atoms with E-state index in [0.717, 1.165) is 44.9 Å². The molecule has 0 aliphatic heterocycles. The van der Waals surface area contributed by atoms with Crippen LogP contribution in [0.2, 0.25) is 0 Å². The second-order valence-electron chi connectivity index (χ2n) is 17.3. The maximum absolute atomic E-state index is 12.7. The Bertz CT molecular complexity index is 1070. The molecule has 0 aromatic heterocycles. The van der Waals surface area contributed by atoms with E-state index >= 15 is 0 Å². The molecule has 0 bridgehead atoms. The van der Waals surface area contributed by atoms with E-state index in [-0.39, 0.29) is 25.2 Å². The van der Waals surface area contributed by atoms with E-state index < -0.39 is 12.1 Å². The highest BCUT2D eigenvalue weighted by atomic mass is 16.6. The molecule has 0 amide bonds. The van der Waals surface area contributed by atoms with Crippen LogP contribution in [0.4, 0.5) is 0 Å². The van der Waals surface area contributed by atoms with Crippen LogP contribution in [0.25, 0.3) is 0 Å². The minimum absolute atomic E-state index is 0.138. The van der Waals surface area contributed by atoms with Crippen LogP contribution in [0.1, 0.15) is 252 Å². The molecule has 6 nitrogen and oxygen atoms in total. The lowest BCUT2D eigenvalue weighted by Gasteiger charge is -2.17. The van der Waals surface area contributed by atoms with Crippen molar-refractivity contribution in [3.63, 3.8) is 0 Å². The Morgan fingerprint density at radius 3 is 1.02 bits per heavy atom. The maximum atomic E-state index is 12.7. The number of hydrogen-bond acceptors (Lipinski definition) is 6. The van der Waals surface area contributed by atoms with Crippen LogP contribution >= 0.6 is 0 Å². The highest BCUT2D eigenvalue weighted by Crippen LogP contribution is 2.15. The first-order chi connectivity index (χ1) is 30.0. The van der Waals surface area contributed by atoms with E-state index in [0.29, 0.717) is 12.8 Å². The molecule has 0 fully saturated rings. The van der Waals surface area contributed by atoms with Crippen LogP contribution in [0, 0.1) is 0 Å². The van der Waals surface area contributed by atoms with Crippen molar-refractivity contribution in [3.05, 3.63) is 60.8 Å². The lowest BCUT2D eigenvalue weighted by molar-refractivity contribution is -0.163. The molecule has 0 atom stereocenters. The lowest BCUT2D eigenvalue weighted by atomic mass is 10.0. The normalized spacial score (nSPS) is 12.1. The van der Waals surface area contributed by atoms with Crippen molar-refractivity contribution < 1.29 is 28.6 Å². The predicted octanol–water partition coefficient (Wildman–Crippen LogP) is 16.9. The van der Waals surface area contributed by atoms with E-state index in [1.807, 2.05) is 30.4 Å². The summed E-state index contributed by atoms with van der Waals surface area (Å²) in [6.07, 6.45) is 61.2. The Balaban J connectivity index is 4.56.